The number of urea groups is 1. The Kier molecular flexibility index (Phi) is 5.25. The first-order valence-electron chi connectivity index (χ1n) is 8.21. The Labute approximate surface area is 140 Å². The van der Waals surface area contributed by atoms with Crippen LogP contribution in [0.4, 0.5) is 20.6 Å². The molecule has 6 heteroatoms. The number of aromatic nitrogens is 1. The maximum absolute atomic E-state index is 14.2. The molecule has 1 aromatic carbocycles. The molecule has 0 atom stereocenters. The molecular weight excluding hydrogens is 307 g/mol. The van der Waals surface area contributed by atoms with Crippen LogP contribution in [0.3, 0.4) is 0 Å². The highest BCUT2D eigenvalue weighted by atomic mass is 19.1. The van der Waals surface area contributed by atoms with Crippen LogP contribution in [0.1, 0.15) is 18.5 Å². The fourth-order valence-corrected chi connectivity index (χ4v) is 2.82. The van der Waals surface area contributed by atoms with Crippen molar-refractivity contribution in [2.45, 2.75) is 19.3 Å². The molecule has 2 aromatic rings. The molecule has 1 saturated heterocycles. The summed E-state index contributed by atoms with van der Waals surface area (Å²) in [5.41, 5.74) is 1.97. The van der Waals surface area contributed by atoms with Gasteiger partial charge in [-0.1, -0.05) is 6.07 Å². The first kappa shape index (κ1) is 16.2. The number of hydrogen-bond acceptors (Lipinski definition) is 3. The van der Waals surface area contributed by atoms with Crippen LogP contribution >= 0.6 is 0 Å². The number of nitrogens with one attached hydrogen (secondary N) is 2. The minimum Gasteiger partial charge on any atom is -0.369 e. The number of pyridine rings is 1. The number of anilines is 2. The van der Waals surface area contributed by atoms with Crippen molar-refractivity contribution in [2.24, 2.45) is 0 Å². The fraction of sp³-hybridized carbons (Fsp3) is 0.333. The number of amides is 2. The zero-order valence-electron chi connectivity index (χ0n) is 13.5. The molecule has 5 nitrogen and oxygen atoms in total. The summed E-state index contributed by atoms with van der Waals surface area (Å²) in [5.74, 6) is -0.303. The second kappa shape index (κ2) is 7.77. The topological polar surface area (TPSA) is 57.3 Å². The van der Waals surface area contributed by atoms with Crippen LogP contribution in [0, 0.1) is 5.82 Å². The molecule has 1 aliphatic heterocycles. The highest BCUT2D eigenvalue weighted by Gasteiger charge is 2.16. The Balaban J connectivity index is 1.50. The number of benzene rings is 1. The number of carbonyl (C=O) groups excluding carboxylic acids is 1. The third-order valence-corrected chi connectivity index (χ3v) is 4.05. The van der Waals surface area contributed by atoms with E-state index in [4.69, 9.17) is 0 Å². The van der Waals surface area contributed by atoms with E-state index >= 15 is 0 Å². The Morgan fingerprint density at radius 2 is 2.04 bits per heavy atom. The molecular formula is C18H21FN4O. The third-order valence-electron chi connectivity index (χ3n) is 4.05. The van der Waals surface area contributed by atoms with Gasteiger partial charge in [-0.25, -0.2) is 9.18 Å². The highest BCUT2D eigenvalue weighted by molar-refractivity contribution is 5.89. The summed E-state index contributed by atoms with van der Waals surface area (Å²) in [4.78, 5) is 18.1. The van der Waals surface area contributed by atoms with Crippen molar-refractivity contribution in [3.05, 3.63) is 54.1 Å². The number of halogens is 1. The maximum atomic E-state index is 14.2. The van der Waals surface area contributed by atoms with Gasteiger partial charge in [0.1, 0.15) is 5.82 Å². The van der Waals surface area contributed by atoms with Gasteiger partial charge in [0.2, 0.25) is 0 Å². The molecule has 1 fully saturated rings. The van der Waals surface area contributed by atoms with Gasteiger partial charge < -0.3 is 15.5 Å². The maximum Gasteiger partial charge on any atom is 0.319 e. The summed E-state index contributed by atoms with van der Waals surface area (Å²) in [6.07, 6.45) is 4.56. The zero-order chi connectivity index (χ0) is 16.8. The van der Waals surface area contributed by atoms with Gasteiger partial charge in [0.25, 0.3) is 0 Å². The molecule has 126 valence electrons. The van der Waals surface area contributed by atoms with Crippen LogP contribution in [0.25, 0.3) is 0 Å². The van der Waals surface area contributed by atoms with Gasteiger partial charge in [0.05, 0.1) is 5.69 Å². The van der Waals surface area contributed by atoms with Gasteiger partial charge in [0, 0.05) is 43.6 Å². The van der Waals surface area contributed by atoms with Crippen molar-refractivity contribution in [1.29, 1.82) is 0 Å². The summed E-state index contributed by atoms with van der Waals surface area (Å²) >= 11 is 0. The molecule has 0 unspecified atom stereocenters. The van der Waals surface area contributed by atoms with Gasteiger partial charge in [-0.3, -0.25) is 4.98 Å². The van der Waals surface area contributed by atoms with Crippen LogP contribution in [-0.2, 0) is 6.42 Å². The van der Waals surface area contributed by atoms with E-state index in [1.807, 2.05) is 23.1 Å². The van der Waals surface area contributed by atoms with E-state index in [0.29, 0.717) is 24.3 Å². The largest absolute Gasteiger partial charge is 0.369 e. The first-order chi connectivity index (χ1) is 11.7. The molecule has 0 spiro atoms. The number of rotatable bonds is 5. The van der Waals surface area contributed by atoms with E-state index in [2.05, 4.69) is 15.6 Å². The molecule has 0 bridgehead atoms. The second-order valence-corrected chi connectivity index (χ2v) is 5.81. The van der Waals surface area contributed by atoms with Gasteiger partial charge >= 0.3 is 6.03 Å². The molecule has 1 aliphatic rings. The van der Waals surface area contributed by atoms with Crippen molar-refractivity contribution in [2.75, 3.05) is 29.9 Å². The first-order valence-corrected chi connectivity index (χ1v) is 8.21. The van der Waals surface area contributed by atoms with Crippen LogP contribution < -0.4 is 15.5 Å². The summed E-state index contributed by atoms with van der Waals surface area (Å²) < 4.78 is 14.2. The summed E-state index contributed by atoms with van der Waals surface area (Å²) in [6, 6.07) is 10.1. The van der Waals surface area contributed by atoms with Gasteiger partial charge in [-0.2, -0.15) is 0 Å². The zero-order valence-corrected chi connectivity index (χ0v) is 13.5. The molecule has 0 saturated carbocycles. The predicted octanol–water partition coefficient (Wildman–Crippen LogP) is 3.19. The normalized spacial score (nSPS) is 13.8. The number of nitrogens with zero attached hydrogens (tertiary/aromatic N) is 2. The van der Waals surface area contributed by atoms with Gasteiger partial charge in [-0.15, -0.1) is 0 Å². The Bertz CT molecular complexity index is 687. The standard InChI is InChI=1S/C18H21FN4O/c19-16-13-15(6-7-17(16)23-11-3-4-12-23)22-18(24)21-10-8-14-5-1-2-9-20-14/h1-2,5-7,9,13H,3-4,8,10-12H2,(H2,21,22,24). The fourth-order valence-electron chi connectivity index (χ4n) is 2.82. The van der Waals surface area contributed by atoms with Crippen LogP contribution in [-0.4, -0.2) is 30.6 Å². The Hall–Kier alpha value is -2.63. The average molecular weight is 328 g/mol. The SMILES string of the molecule is O=C(NCCc1ccccn1)Nc1ccc(N2CCCC2)c(F)c1. The van der Waals surface area contributed by atoms with Crippen molar-refractivity contribution < 1.29 is 9.18 Å². The smallest absolute Gasteiger partial charge is 0.319 e. The molecule has 1 aromatic heterocycles. The minimum atomic E-state index is -0.348. The molecule has 2 N–H and O–H groups in total. The highest BCUT2D eigenvalue weighted by Crippen LogP contribution is 2.25. The Morgan fingerprint density at radius 1 is 1.21 bits per heavy atom. The lowest BCUT2D eigenvalue weighted by molar-refractivity contribution is 0.252. The van der Waals surface area contributed by atoms with E-state index in [1.54, 1.807) is 18.3 Å². The van der Waals surface area contributed by atoms with Gasteiger partial charge in [-0.05, 0) is 43.2 Å². The second-order valence-electron chi connectivity index (χ2n) is 5.81. The third kappa shape index (κ3) is 4.22. The van der Waals surface area contributed by atoms with Crippen LogP contribution in [0.5, 0.6) is 0 Å². The monoisotopic (exact) mass is 328 g/mol. The van der Waals surface area contributed by atoms with Gasteiger partial charge in [0.15, 0.2) is 0 Å². The van der Waals surface area contributed by atoms with E-state index in [-0.39, 0.29) is 11.8 Å². The number of carbonyl (C=O) groups is 1. The van der Waals surface area contributed by atoms with Crippen molar-refractivity contribution in [3.8, 4) is 0 Å². The lowest BCUT2D eigenvalue weighted by Gasteiger charge is -2.18. The number of hydrogen-bond donors (Lipinski definition) is 2. The molecule has 2 amide bonds. The van der Waals surface area contributed by atoms with E-state index in [0.717, 1.165) is 31.6 Å². The molecule has 2 heterocycles. The van der Waals surface area contributed by atoms with E-state index in [1.165, 1.54) is 6.07 Å². The van der Waals surface area contributed by atoms with E-state index < -0.39 is 0 Å². The van der Waals surface area contributed by atoms with Crippen LogP contribution in [0.2, 0.25) is 0 Å². The molecule has 24 heavy (non-hydrogen) atoms. The predicted molar refractivity (Wildman–Crippen MR) is 92.8 cm³/mol. The minimum absolute atomic E-state index is 0.303. The Morgan fingerprint density at radius 3 is 2.75 bits per heavy atom. The summed E-state index contributed by atoms with van der Waals surface area (Å²) in [6.45, 7) is 2.24. The van der Waals surface area contributed by atoms with Crippen molar-refractivity contribution in [1.82, 2.24) is 10.3 Å². The lowest BCUT2D eigenvalue weighted by atomic mass is 10.2. The molecule has 3 rings (SSSR count). The van der Waals surface area contributed by atoms with E-state index in [9.17, 15) is 9.18 Å². The lowest BCUT2D eigenvalue weighted by Crippen LogP contribution is -2.30. The molecule has 0 radical (unpaired) electrons. The van der Waals surface area contributed by atoms with Crippen molar-refractivity contribution in [3.63, 3.8) is 0 Å². The molecule has 0 aliphatic carbocycles. The summed E-state index contributed by atoms with van der Waals surface area (Å²) in [5, 5.41) is 5.40. The summed E-state index contributed by atoms with van der Waals surface area (Å²) in [7, 11) is 0. The average Bonchev–Trinajstić information content (AvgIpc) is 3.10. The van der Waals surface area contributed by atoms with Crippen molar-refractivity contribution >= 4 is 17.4 Å². The van der Waals surface area contributed by atoms with Crippen LogP contribution in [0.15, 0.2) is 42.6 Å². The quantitative estimate of drug-likeness (QED) is 0.886.